The fourth-order valence-electron chi connectivity index (χ4n) is 2.87. The average Bonchev–Trinajstić information content (AvgIpc) is 2.61. The second-order valence-corrected chi connectivity index (χ2v) is 5.62. The Morgan fingerprint density at radius 1 is 1.25 bits per heavy atom. The average molecular weight is 328 g/mol. The summed E-state index contributed by atoms with van der Waals surface area (Å²) in [4.78, 5) is 22.6. The predicted octanol–water partition coefficient (Wildman–Crippen LogP) is 1.20. The summed E-state index contributed by atoms with van der Waals surface area (Å²) in [6.07, 6.45) is 2.42. The van der Waals surface area contributed by atoms with Crippen LogP contribution in [0.25, 0.3) is 0 Å². The number of rotatable bonds is 4. The molecule has 1 aliphatic rings. The van der Waals surface area contributed by atoms with Crippen molar-refractivity contribution in [1.82, 2.24) is 14.9 Å². The van der Waals surface area contributed by atoms with Crippen LogP contribution in [0.15, 0.2) is 24.5 Å². The van der Waals surface area contributed by atoms with Gasteiger partial charge in [-0.15, -0.1) is 0 Å². The normalized spacial score (nSPS) is 13.3. The van der Waals surface area contributed by atoms with E-state index < -0.39 is 0 Å². The Bertz CT molecular complexity index is 763. The Hall–Kier alpha value is -2.83. The zero-order chi connectivity index (χ0) is 17.1. The minimum Gasteiger partial charge on any atom is -0.493 e. The highest BCUT2D eigenvalue weighted by molar-refractivity contribution is 5.79. The van der Waals surface area contributed by atoms with E-state index in [1.54, 1.807) is 25.2 Å². The molecule has 0 fully saturated rings. The van der Waals surface area contributed by atoms with Gasteiger partial charge in [0, 0.05) is 12.1 Å². The number of hydrogen-bond acceptors (Lipinski definition) is 6. The van der Waals surface area contributed by atoms with Crippen molar-refractivity contribution in [2.24, 2.45) is 0 Å². The van der Waals surface area contributed by atoms with Gasteiger partial charge in [-0.2, -0.15) is 0 Å². The Kier molecular flexibility index (Phi) is 4.50. The van der Waals surface area contributed by atoms with Gasteiger partial charge in [-0.1, -0.05) is 6.07 Å². The molecule has 1 amide bonds. The molecule has 0 saturated heterocycles. The minimum absolute atomic E-state index is 0.0463. The highest BCUT2D eigenvalue weighted by atomic mass is 16.5. The SMILES string of the molecule is COc1ccc(CC(=O)N2CCc3c(N)ncnc3C2)cc1OC. The first kappa shape index (κ1) is 16.0. The number of nitrogens with two attached hydrogens (primary N) is 1. The molecule has 0 unspecified atom stereocenters. The first-order valence-corrected chi connectivity index (χ1v) is 7.69. The lowest BCUT2D eigenvalue weighted by Gasteiger charge is -2.28. The molecule has 2 heterocycles. The van der Waals surface area contributed by atoms with E-state index in [4.69, 9.17) is 15.2 Å². The van der Waals surface area contributed by atoms with Gasteiger partial charge in [0.05, 0.1) is 32.9 Å². The molecule has 1 aromatic carbocycles. The predicted molar refractivity (Wildman–Crippen MR) is 88.8 cm³/mol. The maximum Gasteiger partial charge on any atom is 0.227 e. The molecule has 2 N–H and O–H groups in total. The number of benzene rings is 1. The number of nitrogen functional groups attached to an aromatic ring is 1. The molecule has 0 aliphatic carbocycles. The standard InChI is InChI=1S/C17H20N4O3/c1-23-14-4-3-11(7-15(14)24-2)8-16(22)21-6-5-12-13(9-21)19-10-20-17(12)18/h3-4,7,10H,5-6,8-9H2,1-2H3,(H2,18,19,20). The summed E-state index contributed by atoms with van der Waals surface area (Å²) in [5.41, 5.74) is 8.53. The van der Waals surface area contributed by atoms with Gasteiger partial charge in [-0.05, 0) is 24.1 Å². The Labute approximate surface area is 140 Å². The summed E-state index contributed by atoms with van der Waals surface area (Å²) in [5, 5.41) is 0. The van der Waals surface area contributed by atoms with Crippen molar-refractivity contribution in [2.75, 3.05) is 26.5 Å². The van der Waals surface area contributed by atoms with Crippen molar-refractivity contribution >= 4 is 11.7 Å². The summed E-state index contributed by atoms with van der Waals surface area (Å²) in [6.45, 7) is 1.09. The minimum atomic E-state index is 0.0463. The molecule has 7 heteroatoms. The third kappa shape index (κ3) is 3.10. The molecule has 0 saturated carbocycles. The molecule has 1 aliphatic heterocycles. The van der Waals surface area contributed by atoms with Gasteiger partial charge in [0.1, 0.15) is 12.1 Å². The lowest BCUT2D eigenvalue weighted by Crippen LogP contribution is -2.37. The van der Waals surface area contributed by atoms with Crippen molar-refractivity contribution in [3.63, 3.8) is 0 Å². The summed E-state index contributed by atoms with van der Waals surface area (Å²) in [7, 11) is 3.16. The molecule has 126 valence electrons. The fourth-order valence-corrected chi connectivity index (χ4v) is 2.87. The van der Waals surface area contributed by atoms with E-state index in [0.29, 0.717) is 43.2 Å². The first-order valence-electron chi connectivity index (χ1n) is 7.69. The second kappa shape index (κ2) is 6.74. The van der Waals surface area contributed by atoms with Gasteiger partial charge >= 0.3 is 0 Å². The van der Waals surface area contributed by atoms with Crippen LogP contribution in [0.3, 0.4) is 0 Å². The largest absolute Gasteiger partial charge is 0.493 e. The molecular weight excluding hydrogens is 308 g/mol. The number of fused-ring (bicyclic) bond motifs is 1. The van der Waals surface area contributed by atoms with Crippen molar-refractivity contribution in [3.8, 4) is 11.5 Å². The fraction of sp³-hybridized carbons (Fsp3) is 0.353. The summed E-state index contributed by atoms with van der Waals surface area (Å²) in [5.74, 6) is 1.82. The van der Waals surface area contributed by atoms with Gasteiger partial charge in [-0.3, -0.25) is 4.79 Å². The van der Waals surface area contributed by atoms with Crippen LogP contribution in [0, 0.1) is 0 Å². The molecule has 0 radical (unpaired) electrons. The van der Waals surface area contributed by atoms with Crippen LogP contribution in [0.5, 0.6) is 11.5 Å². The van der Waals surface area contributed by atoms with E-state index >= 15 is 0 Å². The van der Waals surface area contributed by atoms with E-state index in [0.717, 1.165) is 16.8 Å². The number of ether oxygens (including phenoxy) is 2. The van der Waals surface area contributed by atoms with Crippen LogP contribution < -0.4 is 15.2 Å². The number of hydrogen-bond donors (Lipinski definition) is 1. The Morgan fingerprint density at radius 2 is 2.04 bits per heavy atom. The number of amides is 1. The topological polar surface area (TPSA) is 90.6 Å². The van der Waals surface area contributed by atoms with Gasteiger partial charge in [0.15, 0.2) is 11.5 Å². The van der Waals surface area contributed by atoms with Crippen molar-refractivity contribution in [3.05, 3.63) is 41.3 Å². The second-order valence-electron chi connectivity index (χ2n) is 5.62. The number of anilines is 1. The van der Waals surface area contributed by atoms with Crippen molar-refractivity contribution in [2.45, 2.75) is 19.4 Å². The molecule has 3 rings (SSSR count). The summed E-state index contributed by atoms with van der Waals surface area (Å²) >= 11 is 0. The maximum atomic E-state index is 12.6. The highest BCUT2D eigenvalue weighted by Gasteiger charge is 2.23. The Balaban J connectivity index is 1.72. The first-order chi connectivity index (χ1) is 11.6. The smallest absolute Gasteiger partial charge is 0.227 e. The van der Waals surface area contributed by atoms with Gasteiger partial charge in [0.25, 0.3) is 0 Å². The van der Waals surface area contributed by atoms with E-state index in [2.05, 4.69) is 9.97 Å². The van der Waals surface area contributed by atoms with E-state index in [-0.39, 0.29) is 5.91 Å². The van der Waals surface area contributed by atoms with Crippen LogP contribution in [0.4, 0.5) is 5.82 Å². The zero-order valence-electron chi connectivity index (χ0n) is 13.8. The van der Waals surface area contributed by atoms with E-state index in [9.17, 15) is 4.79 Å². The Morgan fingerprint density at radius 3 is 2.79 bits per heavy atom. The van der Waals surface area contributed by atoms with Crippen molar-refractivity contribution < 1.29 is 14.3 Å². The maximum absolute atomic E-state index is 12.6. The van der Waals surface area contributed by atoms with Gasteiger partial charge < -0.3 is 20.1 Å². The van der Waals surface area contributed by atoms with E-state index in [1.165, 1.54) is 6.33 Å². The third-order valence-electron chi connectivity index (χ3n) is 4.20. The number of carbonyl (C=O) groups excluding carboxylic acids is 1. The number of nitrogens with zero attached hydrogens (tertiary/aromatic N) is 3. The monoisotopic (exact) mass is 328 g/mol. The molecular formula is C17H20N4O3. The summed E-state index contributed by atoms with van der Waals surface area (Å²) < 4.78 is 10.5. The molecule has 2 aromatic rings. The molecule has 0 atom stereocenters. The van der Waals surface area contributed by atoms with E-state index in [1.807, 2.05) is 12.1 Å². The molecule has 1 aromatic heterocycles. The lowest BCUT2D eigenvalue weighted by molar-refractivity contribution is -0.131. The molecule has 7 nitrogen and oxygen atoms in total. The molecule has 24 heavy (non-hydrogen) atoms. The quantitative estimate of drug-likeness (QED) is 0.907. The number of carbonyl (C=O) groups is 1. The number of methoxy groups -OCH3 is 2. The van der Waals surface area contributed by atoms with Crippen LogP contribution in [0.1, 0.15) is 16.8 Å². The van der Waals surface area contributed by atoms with Crippen LogP contribution in [-0.4, -0.2) is 41.5 Å². The zero-order valence-corrected chi connectivity index (χ0v) is 13.8. The van der Waals surface area contributed by atoms with Crippen molar-refractivity contribution in [1.29, 1.82) is 0 Å². The third-order valence-corrected chi connectivity index (χ3v) is 4.20. The number of aromatic nitrogens is 2. The summed E-state index contributed by atoms with van der Waals surface area (Å²) in [6, 6.07) is 5.51. The van der Waals surface area contributed by atoms with Gasteiger partial charge in [0.2, 0.25) is 5.91 Å². The van der Waals surface area contributed by atoms with Crippen LogP contribution >= 0.6 is 0 Å². The molecule has 0 spiro atoms. The van der Waals surface area contributed by atoms with Crippen LogP contribution in [-0.2, 0) is 24.2 Å². The highest BCUT2D eigenvalue weighted by Crippen LogP contribution is 2.28. The van der Waals surface area contributed by atoms with Crippen LogP contribution in [0.2, 0.25) is 0 Å². The molecule has 0 bridgehead atoms. The van der Waals surface area contributed by atoms with Gasteiger partial charge in [-0.25, -0.2) is 9.97 Å². The lowest BCUT2D eigenvalue weighted by atomic mass is 10.0.